The third-order valence-corrected chi connectivity index (χ3v) is 2.64. The smallest absolute Gasteiger partial charge is 0.272 e. The second kappa shape index (κ2) is 4.97. The SMILES string of the molecule is CCCNc1ccc2c(CN)n[nH]c(=O)c2c1. The van der Waals surface area contributed by atoms with Crippen LogP contribution >= 0.6 is 0 Å². The topological polar surface area (TPSA) is 83.8 Å². The number of nitrogens with zero attached hydrogens (tertiary/aromatic N) is 1. The molecule has 1 heterocycles. The minimum absolute atomic E-state index is 0.183. The summed E-state index contributed by atoms with van der Waals surface area (Å²) >= 11 is 0. The maximum absolute atomic E-state index is 11.7. The van der Waals surface area contributed by atoms with Crippen molar-refractivity contribution in [3.05, 3.63) is 34.2 Å². The fourth-order valence-electron chi connectivity index (χ4n) is 1.76. The maximum atomic E-state index is 11.7. The lowest BCUT2D eigenvalue weighted by Gasteiger charge is -2.07. The molecule has 0 atom stereocenters. The zero-order chi connectivity index (χ0) is 12.3. The zero-order valence-corrected chi connectivity index (χ0v) is 9.79. The average Bonchev–Trinajstić information content (AvgIpc) is 2.37. The number of H-pyrrole nitrogens is 1. The summed E-state index contributed by atoms with van der Waals surface area (Å²) in [6.07, 6.45) is 1.04. The van der Waals surface area contributed by atoms with E-state index in [1.165, 1.54) is 0 Å². The van der Waals surface area contributed by atoms with Crippen molar-refractivity contribution in [2.45, 2.75) is 19.9 Å². The third-order valence-electron chi connectivity index (χ3n) is 2.64. The molecule has 90 valence electrons. The highest BCUT2D eigenvalue weighted by atomic mass is 16.1. The molecule has 5 nitrogen and oxygen atoms in total. The van der Waals surface area contributed by atoms with E-state index < -0.39 is 0 Å². The summed E-state index contributed by atoms with van der Waals surface area (Å²) in [6, 6.07) is 5.67. The summed E-state index contributed by atoms with van der Waals surface area (Å²) in [6.45, 7) is 3.30. The van der Waals surface area contributed by atoms with Crippen molar-refractivity contribution in [1.29, 1.82) is 0 Å². The van der Waals surface area contributed by atoms with Crippen molar-refractivity contribution in [2.24, 2.45) is 5.73 Å². The number of rotatable bonds is 4. The highest BCUT2D eigenvalue weighted by Crippen LogP contribution is 2.17. The Morgan fingerprint density at radius 1 is 1.41 bits per heavy atom. The van der Waals surface area contributed by atoms with Gasteiger partial charge >= 0.3 is 0 Å². The second-order valence-electron chi connectivity index (χ2n) is 3.89. The summed E-state index contributed by atoms with van der Waals surface area (Å²) in [7, 11) is 0. The van der Waals surface area contributed by atoms with Crippen LogP contribution in [-0.4, -0.2) is 16.7 Å². The van der Waals surface area contributed by atoms with Crippen molar-refractivity contribution in [3.8, 4) is 0 Å². The monoisotopic (exact) mass is 232 g/mol. The molecule has 17 heavy (non-hydrogen) atoms. The van der Waals surface area contributed by atoms with Crippen LogP contribution < -0.4 is 16.6 Å². The number of hydrogen-bond donors (Lipinski definition) is 3. The Morgan fingerprint density at radius 2 is 2.24 bits per heavy atom. The molecule has 2 rings (SSSR count). The van der Waals surface area contributed by atoms with Gasteiger partial charge in [0.15, 0.2) is 0 Å². The Kier molecular flexibility index (Phi) is 3.39. The van der Waals surface area contributed by atoms with Gasteiger partial charge in [0.1, 0.15) is 0 Å². The summed E-state index contributed by atoms with van der Waals surface area (Å²) in [5.74, 6) is 0. The van der Waals surface area contributed by atoms with Crippen molar-refractivity contribution in [2.75, 3.05) is 11.9 Å². The van der Waals surface area contributed by atoms with E-state index in [-0.39, 0.29) is 5.56 Å². The van der Waals surface area contributed by atoms with Gasteiger partial charge in [0.2, 0.25) is 0 Å². The van der Waals surface area contributed by atoms with Gasteiger partial charge in [-0.1, -0.05) is 13.0 Å². The molecule has 5 heteroatoms. The van der Waals surface area contributed by atoms with Gasteiger partial charge in [-0.2, -0.15) is 5.10 Å². The molecular formula is C12H16N4O. The number of aromatic nitrogens is 2. The van der Waals surface area contributed by atoms with E-state index in [1.807, 2.05) is 18.2 Å². The molecule has 4 N–H and O–H groups in total. The van der Waals surface area contributed by atoms with E-state index in [0.717, 1.165) is 24.0 Å². The first kappa shape index (κ1) is 11.6. The lowest BCUT2D eigenvalue weighted by molar-refractivity contribution is 0.900. The maximum Gasteiger partial charge on any atom is 0.272 e. The molecule has 0 radical (unpaired) electrons. The van der Waals surface area contributed by atoms with Gasteiger partial charge in [-0.3, -0.25) is 4.79 Å². The molecule has 2 aromatic rings. The molecule has 0 saturated heterocycles. The van der Waals surface area contributed by atoms with Crippen LogP contribution in [-0.2, 0) is 6.54 Å². The lowest BCUT2D eigenvalue weighted by atomic mass is 10.1. The molecular weight excluding hydrogens is 216 g/mol. The van der Waals surface area contributed by atoms with Crippen LogP contribution in [0.3, 0.4) is 0 Å². The molecule has 0 aliphatic carbocycles. The van der Waals surface area contributed by atoms with Gasteiger partial charge in [0.05, 0.1) is 11.1 Å². The predicted molar refractivity (Wildman–Crippen MR) is 69.0 cm³/mol. The third kappa shape index (κ3) is 2.29. The molecule has 1 aromatic heterocycles. The number of benzene rings is 1. The number of aromatic amines is 1. The first-order valence-corrected chi connectivity index (χ1v) is 5.71. The zero-order valence-electron chi connectivity index (χ0n) is 9.79. The van der Waals surface area contributed by atoms with Crippen LogP contribution in [0.15, 0.2) is 23.0 Å². The Labute approximate surface area is 99.0 Å². The Morgan fingerprint density at radius 3 is 2.94 bits per heavy atom. The Bertz CT molecular complexity index is 576. The molecule has 0 aliphatic rings. The largest absolute Gasteiger partial charge is 0.385 e. The molecule has 0 amide bonds. The summed E-state index contributed by atoms with van der Waals surface area (Å²) < 4.78 is 0. The number of fused-ring (bicyclic) bond motifs is 1. The minimum atomic E-state index is -0.183. The van der Waals surface area contributed by atoms with Crippen LogP contribution in [0.5, 0.6) is 0 Å². The van der Waals surface area contributed by atoms with Gasteiger partial charge in [0.25, 0.3) is 5.56 Å². The molecule has 0 aliphatic heterocycles. The van der Waals surface area contributed by atoms with Gasteiger partial charge in [0, 0.05) is 24.2 Å². The number of anilines is 1. The average molecular weight is 232 g/mol. The van der Waals surface area contributed by atoms with Crippen molar-refractivity contribution >= 4 is 16.5 Å². The van der Waals surface area contributed by atoms with E-state index in [1.54, 1.807) is 0 Å². The molecule has 1 aromatic carbocycles. The fraction of sp³-hybridized carbons (Fsp3) is 0.333. The van der Waals surface area contributed by atoms with E-state index in [4.69, 9.17) is 5.73 Å². The van der Waals surface area contributed by atoms with Gasteiger partial charge in [-0.05, 0) is 18.6 Å². The Balaban J connectivity index is 2.53. The summed E-state index contributed by atoms with van der Waals surface area (Å²) in [5.41, 5.74) is 7.05. The standard InChI is InChI=1S/C12H16N4O/c1-2-5-14-8-3-4-9-10(6-8)12(17)16-15-11(9)7-13/h3-4,6,14H,2,5,7,13H2,1H3,(H,16,17). The fourth-order valence-corrected chi connectivity index (χ4v) is 1.76. The Hall–Kier alpha value is -1.88. The van der Waals surface area contributed by atoms with E-state index in [2.05, 4.69) is 22.4 Å². The van der Waals surface area contributed by atoms with E-state index in [9.17, 15) is 4.79 Å². The highest BCUT2D eigenvalue weighted by Gasteiger charge is 2.05. The summed E-state index contributed by atoms with van der Waals surface area (Å²) in [4.78, 5) is 11.7. The van der Waals surface area contributed by atoms with Crippen molar-refractivity contribution < 1.29 is 0 Å². The minimum Gasteiger partial charge on any atom is -0.385 e. The molecule has 0 saturated carbocycles. The quantitative estimate of drug-likeness (QED) is 0.739. The predicted octanol–water partition coefficient (Wildman–Crippen LogP) is 1.20. The van der Waals surface area contributed by atoms with Crippen LogP contribution in [0.4, 0.5) is 5.69 Å². The van der Waals surface area contributed by atoms with Crippen LogP contribution in [0, 0.1) is 0 Å². The van der Waals surface area contributed by atoms with Crippen LogP contribution in [0.1, 0.15) is 19.0 Å². The van der Waals surface area contributed by atoms with Crippen molar-refractivity contribution in [3.63, 3.8) is 0 Å². The van der Waals surface area contributed by atoms with Crippen LogP contribution in [0.2, 0.25) is 0 Å². The normalized spacial score (nSPS) is 10.7. The first-order chi connectivity index (χ1) is 8.26. The van der Waals surface area contributed by atoms with Crippen molar-refractivity contribution in [1.82, 2.24) is 10.2 Å². The van der Waals surface area contributed by atoms with E-state index in [0.29, 0.717) is 17.6 Å². The van der Waals surface area contributed by atoms with E-state index >= 15 is 0 Å². The molecule has 0 unspecified atom stereocenters. The molecule has 0 spiro atoms. The van der Waals surface area contributed by atoms with Crippen LogP contribution in [0.25, 0.3) is 10.8 Å². The lowest BCUT2D eigenvalue weighted by Crippen LogP contribution is -2.13. The highest BCUT2D eigenvalue weighted by molar-refractivity contribution is 5.86. The number of hydrogen-bond acceptors (Lipinski definition) is 4. The van der Waals surface area contributed by atoms with Gasteiger partial charge in [-0.25, -0.2) is 5.10 Å². The molecule has 0 bridgehead atoms. The summed E-state index contributed by atoms with van der Waals surface area (Å²) in [5, 5.41) is 11.1. The number of nitrogens with one attached hydrogen (secondary N) is 2. The number of nitrogens with two attached hydrogens (primary N) is 1. The molecule has 0 fully saturated rings. The second-order valence-corrected chi connectivity index (χ2v) is 3.89. The first-order valence-electron chi connectivity index (χ1n) is 5.71. The van der Waals surface area contributed by atoms with Gasteiger partial charge in [-0.15, -0.1) is 0 Å². The van der Waals surface area contributed by atoms with Gasteiger partial charge < -0.3 is 11.1 Å².